The van der Waals surface area contributed by atoms with E-state index in [1.165, 1.54) is 0 Å². The summed E-state index contributed by atoms with van der Waals surface area (Å²) >= 11 is 3.48. The van der Waals surface area contributed by atoms with Gasteiger partial charge in [-0.1, -0.05) is 65.2 Å². The molecular formula is C27H26BrN5O2. The van der Waals surface area contributed by atoms with Crippen molar-refractivity contribution in [3.8, 4) is 17.6 Å². The third-order valence-corrected chi connectivity index (χ3v) is 7.32. The molecule has 3 aromatic rings. The first-order valence-corrected chi connectivity index (χ1v) is 12.9. The van der Waals surface area contributed by atoms with Gasteiger partial charge in [-0.15, -0.1) is 0 Å². The molecule has 3 heterocycles. The molecule has 5 rings (SSSR count). The van der Waals surface area contributed by atoms with E-state index in [0.717, 1.165) is 48.0 Å². The van der Waals surface area contributed by atoms with E-state index in [1.54, 1.807) is 4.68 Å². The number of nitrogens with two attached hydrogens (primary N) is 1. The van der Waals surface area contributed by atoms with E-state index < -0.39 is 5.41 Å². The van der Waals surface area contributed by atoms with Crippen LogP contribution >= 0.6 is 15.9 Å². The number of ether oxygens (including phenoxy) is 1. The zero-order chi connectivity index (χ0) is 24.6. The molecule has 1 aromatic heterocycles. The minimum atomic E-state index is -1.39. The minimum absolute atomic E-state index is 0.0700. The quantitative estimate of drug-likeness (QED) is 0.347. The van der Waals surface area contributed by atoms with Crippen LogP contribution in [0, 0.1) is 18.3 Å². The summed E-state index contributed by atoms with van der Waals surface area (Å²) in [6.45, 7) is 2.42. The van der Waals surface area contributed by atoms with Crippen LogP contribution in [-0.2, 0) is 10.2 Å². The van der Waals surface area contributed by atoms with Crippen LogP contribution in [0.1, 0.15) is 42.5 Å². The van der Waals surface area contributed by atoms with Crippen LogP contribution < -0.4 is 15.4 Å². The number of rotatable bonds is 7. The number of para-hydroxylation sites is 2. The maximum absolute atomic E-state index is 14.4. The zero-order valence-electron chi connectivity index (χ0n) is 19.5. The average Bonchev–Trinajstić information content (AvgIpc) is 3.32. The summed E-state index contributed by atoms with van der Waals surface area (Å²) in [7, 11) is 0. The third-order valence-electron chi connectivity index (χ3n) is 6.76. The van der Waals surface area contributed by atoms with Gasteiger partial charge in [0.25, 0.3) is 0 Å². The summed E-state index contributed by atoms with van der Waals surface area (Å²) in [5, 5.41) is 16.0. The molecule has 0 radical (unpaired) electrons. The fourth-order valence-corrected chi connectivity index (χ4v) is 5.65. The van der Waals surface area contributed by atoms with Gasteiger partial charge in [-0.2, -0.15) is 10.4 Å². The topological polar surface area (TPSA) is 97.2 Å². The number of carbonyl (C=O) groups excluding carboxylic acids is 1. The van der Waals surface area contributed by atoms with Crippen LogP contribution in [-0.4, -0.2) is 27.6 Å². The SMILES string of the molecule is Cc1nn(-c2ccccc2)c2c1C1(C(=O)N(CCCCCCBr)c3ccccc31)C(C#N)=C(N)O2. The molecule has 1 unspecified atom stereocenters. The van der Waals surface area contributed by atoms with Crippen LogP contribution in [0.3, 0.4) is 0 Å². The van der Waals surface area contributed by atoms with Crippen molar-refractivity contribution in [1.29, 1.82) is 5.26 Å². The number of anilines is 1. The highest BCUT2D eigenvalue weighted by Gasteiger charge is 2.61. The Labute approximate surface area is 212 Å². The fraction of sp³-hybridized carbons (Fsp3) is 0.296. The van der Waals surface area contributed by atoms with Gasteiger partial charge in [-0.05, 0) is 38.0 Å². The number of aryl methyl sites for hydroxylation is 1. The molecule has 2 aliphatic rings. The van der Waals surface area contributed by atoms with E-state index in [9.17, 15) is 10.1 Å². The van der Waals surface area contributed by atoms with Gasteiger partial charge < -0.3 is 15.4 Å². The molecule has 2 aromatic carbocycles. The Morgan fingerprint density at radius 1 is 1.09 bits per heavy atom. The molecule has 2 N–H and O–H groups in total. The number of aromatic nitrogens is 2. The van der Waals surface area contributed by atoms with Crippen molar-refractivity contribution < 1.29 is 9.53 Å². The van der Waals surface area contributed by atoms with Crippen LogP contribution in [0.2, 0.25) is 0 Å². The van der Waals surface area contributed by atoms with Crippen molar-refractivity contribution in [2.75, 3.05) is 16.8 Å². The highest BCUT2D eigenvalue weighted by Crippen LogP contribution is 2.56. The Bertz CT molecular complexity index is 1360. The second-order valence-electron chi connectivity index (χ2n) is 8.79. The zero-order valence-corrected chi connectivity index (χ0v) is 21.1. The first-order valence-electron chi connectivity index (χ1n) is 11.8. The Kier molecular flexibility index (Phi) is 6.12. The van der Waals surface area contributed by atoms with E-state index in [-0.39, 0.29) is 17.4 Å². The Morgan fingerprint density at radius 2 is 1.80 bits per heavy atom. The maximum atomic E-state index is 14.4. The molecule has 0 saturated carbocycles. The van der Waals surface area contributed by atoms with Crippen molar-refractivity contribution in [2.24, 2.45) is 5.73 Å². The van der Waals surface area contributed by atoms with Crippen LogP contribution in [0.5, 0.6) is 5.88 Å². The van der Waals surface area contributed by atoms with Crippen molar-refractivity contribution >= 4 is 27.5 Å². The number of halogens is 1. The summed E-state index contributed by atoms with van der Waals surface area (Å²) in [5.41, 5.74) is 8.59. The van der Waals surface area contributed by atoms with Crippen LogP contribution in [0.4, 0.5) is 5.69 Å². The molecule has 8 heteroatoms. The molecule has 1 spiro atoms. The van der Waals surface area contributed by atoms with Crippen molar-refractivity contribution in [1.82, 2.24) is 9.78 Å². The van der Waals surface area contributed by atoms with Gasteiger partial charge in [-0.25, -0.2) is 4.68 Å². The lowest BCUT2D eigenvalue weighted by Crippen LogP contribution is -2.46. The number of alkyl halides is 1. The van der Waals surface area contributed by atoms with Gasteiger partial charge in [-0.3, -0.25) is 4.79 Å². The lowest BCUT2D eigenvalue weighted by atomic mass is 9.69. The first kappa shape index (κ1) is 23.2. The molecule has 7 nitrogen and oxygen atoms in total. The number of hydrogen-bond donors (Lipinski definition) is 1. The third kappa shape index (κ3) is 3.45. The molecule has 178 valence electrons. The second kappa shape index (κ2) is 9.23. The highest BCUT2D eigenvalue weighted by atomic mass is 79.9. The molecule has 0 aliphatic carbocycles. The summed E-state index contributed by atoms with van der Waals surface area (Å²) in [5.74, 6) is 0.117. The van der Waals surface area contributed by atoms with Crippen molar-refractivity contribution in [2.45, 2.75) is 38.0 Å². The molecule has 2 aliphatic heterocycles. The predicted molar refractivity (Wildman–Crippen MR) is 138 cm³/mol. The van der Waals surface area contributed by atoms with Gasteiger partial charge in [0.05, 0.1) is 16.9 Å². The molecular weight excluding hydrogens is 506 g/mol. The maximum Gasteiger partial charge on any atom is 0.247 e. The largest absolute Gasteiger partial charge is 0.422 e. The lowest BCUT2D eigenvalue weighted by Gasteiger charge is -2.33. The Hall–Kier alpha value is -3.57. The monoisotopic (exact) mass is 531 g/mol. The first-order chi connectivity index (χ1) is 17.1. The normalized spacial score (nSPS) is 18.4. The van der Waals surface area contributed by atoms with Gasteiger partial charge in [0.2, 0.25) is 17.7 Å². The number of nitrogens with zero attached hydrogens (tertiary/aromatic N) is 4. The lowest BCUT2D eigenvalue weighted by molar-refractivity contribution is -0.121. The van der Waals surface area contributed by atoms with E-state index in [2.05, 4.69) is 22.0 Å². The molecule has 0 fully saturated rings. The number of fused-ring (bicyclic) bond motifs is 4. The predicted octanol–water partition coefficient (Wildman–Crippen LogP) is 4.86. The summed E-state index contributed by atoms with van der Waals surface area (Å²) < 4.78 is 7.67. The second-order valence-corrected chi connectivity index (χ2v) is 9.59. The van der Waals surface area contributed by atoms with Crippen LogP contribution in [0.15, 0.2) is 66.1 Å². The van der Waals surface area contributed by atoms with Crippen molar-refractivity contribution in [3.05, 3.63) is 82.9 Å². The molecule has 1 amide bonds. The van der Waals surface area contributed by atoms with Crippen molar-refractivity contribution in [3.63, 3.8) is 0 Å². The number of unbranched alkanes of at least 4 members (excludes halogenated alkanes) is 3. The average molecular weight is 532 g/mol. The smallest absolute Gasteiger partial charge is 0.247 e. The molecule has 35 heavy (non-hydrogen) atoms. The van der Waals surface area contributed by atoms with E-state index in [4.69, 9.17) is 15.6 Å². The van der Waals surface area contributed by atoms with E-state index in [0.29, 0.717) is 23.7 Å². The molecule has 0 saturated heterocycles. The summed E-state index contributed by atoms with van der Waals surface area (Å²) in [6.07, 6.45) is 4.09. The van der Waals surface area contributed by atoms with E-state index >= 15 is 0 Å². The standard InChI is InChI=1S/C27H26BrN5O2/c1-18-23-25(33(31-18)19-11-5-4-6-12-19)35-24(30)21(17-29)27(23)20-13-7-8-14-22(20)32(26(27)34)16-10-3-2-9-15-28/h4-8,11-14H,2-3,9-10,15-16,30H2,1H3. The highest BCUT2D eigenvalue weighted by molar-refractivity contribution is 9.09. The number of hydrogen-bond acceptors (Lipinski definition) is 5. The van der Waals surface area contributed by atoms with Gasteiger partial charge in [0, 0.05) is 23.1 Å². The number of benzene rings is 2. The fourth-order valence-electron chi connectivity index (χ4n) is 5.26. The van der Waals surface area contributed by atoms with Gasteiger partial charge in [0.1, 0.15) is 17.1 Å². The number of carbonyl (C=O) groups is 1. The summed E-state index contributed by atoms with van der Waals surface area (Å²) in [4.78, 5) is 16.2. The number of amides is 1. The molecule has 0 bridgehead atoms. The Balaban J connectivity index is 1.70. The van der Waals surface area contributed by atoms with E-state index in [1.807, 2.05) is 66.4 Å². The molecule has 1 atom stereocenters. The minimum Gasteiger partial charge on any atom is -0.422 e. The van der Waals surface area contributed by atoms with Crippen LogP contribution in [0.25, 0.3) is 5.69 Å². The Morgan fingerprint density at radius 3 is 2.54 bits per heavy atom. The van der Waals surface area contributed by atoms with Gasteiger partial charge in [0.15, 0.2) is 0 Å². The summed E-state index contributed by atoms with van der Waals surface area (Å²) in [6, 6.07) is 19.4. The number of nitriles is 1. The van der Waals surface area contributed by atoms with Gasteiger partial charge >= 0.3 is 0 Å².